The number of hydrogen-bond donors (Lipinski definition) is 3. The van der Waals surface area contributed by atoms with Gasteiger partial charge in [-0.15, -0.1) is 0 Å². The largest absolute Gasteiger partial charge is 0.486 e. The molecule has 9 nitrogen and oxygen atoms in total. The minimum Gasteiger partial charge on any atom is -0.486 e. The number of benzene rings is 2. The van der Waals surface area contributed by atoms with Crippen molar-refractivity contribution in [2.24, 2.45) is 0 Å². The molecule has 2 heterocycles. The van der Waals surface area contributed by atoms with Crippen molar-refractivity contribution in [3.8, 4) is 11.5 Å². The molecule has 0 saturated carbocycles. The smallest absolute Gasteiger partial charge is 0.339 e. The number of anilines is 1. The third-order valence-corrected chi connectivity index (χ3v) is 4.55. The lowest BCUT2D eigenvalue weighted by Gasteiger charge is -2.20. The zero-order chi connectivity index (χ0) is 20.5. The molecular weight excluding hydrogens is 402 g/mol. The Labute approximate surface area is 168 Å². The summed E-state index contributed by atoms with van der Waals surface area (Å²) in [4.78, 5) is 41.3. The van der Waals surface area contributed by atoms with Crippen LogP contribution in [0.15, 0.2) is 35.1 Å². The average Bonchev–Trinajstić information content (AvgIpc) is 3.07. The number of fused-ring (bicyclic) bond motifs is 2. The summed E-state index contributed by atoms with van der Waals surface area (Å²) in [5, 5.41) is 2.86. The van der Waals surface area contributed by atoms with Crippen LogP contribution in [0.25, 0.3) is 11.0 Å². The van der Waals surface area contributed by atoms with Crippen molar-refractivity contribution < 1.29 is 23.8 Å². The summed E-state index contributed by atoms with van der Waals surface area (Å²) >= 11 is 6.13. The van der Waals surface area contributed by atoms with Crippen LogP contribution in [0.2, 0.25) is 5.02 Å². The van der Waals surface area contributed by atoms with Gasteiger partial charge in [-0.05, 0) is 37.3 Å². The van der Waals surface area contributed by atoms with Gasteiger partial charge in [-0.3, -0.25) is 4.79 Å². The van der Waals surface area contributed by atoms with Crippen LogP contribution in [-0.4, -0.2) is 41.2 Å². The van der Waals surface area contributed by atoms with Crippen LogP contribution in [0, 0.1) is 0 Å². The molecule has 29 heavy (non-hydrogen) atoms. The lowest BCUT2D eigenvalue weighted by molar-refractivity contribution is -0.123. The third kappa shape index (κ3) is 3.90. The van der Waals surface area contributed by atoms with E-state index in [-0.39, 0.29) is 16.3 Å². The van der Waals surface area contributed by atoms with E-state index in [4.69, 9.17) is 25.8 Å². The SMILES string of the molecule is CC(OC(=O)c1cc(Cl)c2c(c1)OCCO2)C(=O)Nc1ccc2[nH]c(=O)[nH]c2c1. The highest BCUT2D eigenvalue weighted by atomic mass is 35.5. The number of rotatable bonds is 4. The Bertz CT molecular complexity index is 1170. The summed E-state index contributed by atoms with van der Waals surface area (Å²) in [6.45, 7) is 2.16. The first-order valence-electron chi connectivity index (χ1n) is 8.74. The molecule has 0 aliphatic carbocycles. The molecule has 2 aromatic carbocycles. The number of nitrogens with one attached hydrogen (secondary N) is 3. The van der Waals surface area contributed by atoms with Crippen molar-refractivity contribution in [3.05, 3.63) is 51.4 Å². The number of hydrogen-bond acceptors (Lipinski definition) is 6. The van der Waals surface area contributed by atoms with Crippen LogP contribution in [0.3, 0.4) is 0 Å². The van der Waals surface area contributed by atoms with E-state index in [1.165, 1.54) is 19.1 Å². The van der Waals surface area contributed by atoms with Crippen LogP contribution in [0.4, 0.5) is 5.69 Å². The lowest BCUT2D eigenvalue weighted by Crippen LogP contribution is -2.30. The molecule has 0 spiro atoms. The summed E-state index contributed by atoms with van der Waals surface area (Å²) < 4.78 is 16.1. The molecular formula is C19H16ClN3O6. The Hall–Kier alpha value is -3.46. The molecule has 3 aromatic rings. The number of H-pyrrole nitrogens is 2. The van der Waals surface area contributed by atoms with Crippen LogP contribution >= 0.6 is 11.6 Å². The summed E-state index contributed by atoms with van der Waals surface area (Å²) in [6, 6.07) is 7.73. The number of carbonyl (C=O) groups is 2. The molecule has 0 fully saturated rings. The van der Waals surface area contributed by atoms with Gasteiger partial charge in [0.25, 0.3) is 5.91 Å². The third-order valence-electron chi connectivity index (χ3n) is 4.27. The summed E-state index contributed by atoms with van der Waals surface area (Å²) in [6.07, 6.45) is -1.07. The van der Waals surface area contributed by atoms with E-state index in [1.807, 2.05) is 0 Å². The fourth-order valence-electron chi connectivity index (χ4n) is 2.87. The molecule has 1 aliphatic heterocycles. The number of esters is 1. The second-order valence-corrected chi connectivity index (χ2v) is 6.77. The molecule has 150 valence electrons. The Morgan fingerprint density at radius 1 is 1.14 bits per heavy atom. The van der Waals surface area contributed by atoms with Gasteiger partial charge in [0.1, 0.15) is 13.2 Å². The highest BCUT2D eigenvalue weighted by molar-refractivity contribution is 6.32. The molecule has 10 heteroatoms. The van der Waals surface area contributed by atoms with Crippen molar-refractivity contribution in [1.29, 1.82) is 0 Å². The van der Waals surface area contributed by atoms with Crippen molar-refractivity contribution in [1.82, 2.24) is 9.97 Å². The van der Waals surface area contributed by atoms with E-state index >= 15 is 0 Å². The summed E-state index contributed by atoms with van der Waals surface area (Å²) in [5.41, 5.74) is 1.41. The second kappa shape index (κ2) is 7.51. The van der Waals surface area contributed by atoms with E-state index in [1.54, 1.807) is 18.2 Å². The van der Waals surface area contributed by atoms with Gasteiger partial charge in [0.15, 0.2) is 17.6 Å². The molecule has 4 rings (SSSR count). The lowest BCUT2D eigenvalue weighted by atomic mass is 10.2. The van der Waals surface area contributed by atoms with Gasteiger partial charge in [0.05, 0.1) is 21.6 Å². The van der Waals surface area contributed by atoms with Gasteiger partial charge in [-0.25, -0.2) is 9.59 Å². The maximum absolute atomic E-state index is 12.4. The monoisotopic (exact) mass is 417 g/mol. The molecule has 3 N–H and O–H groups in total. The van der Waals surface area contributed by atoms with E-state index in [0.717, 1.165) is 0 Å². The number of imidazole rings is 1. The zero-order valence-electron chi connectivity index (χ0n) is 15.2. The van der Waals surface area contributed by atoms with Gasteiger partial charge >= 0.3 is 11.7 Å². The maximum atomic E-state index is 12.4. The Morgan fingerprint density at radius 3 is 2.72 bits per heavy atom. The Morgan fingerprint density at radius 2 is 1.90 bits per heavy atom. The first kappa shape index (κ1) is 18.9. The van der Waals surface area contributed by atoms with Crippen molar-refractivity contribution in [2.45, 2.75) is 13.0 Å². The summed E-state index contributed by atoms with van der Waals surface area (Å²) in [5.74, 6) is -0.531. The fourth-order valence-corrected chi connectivity index (χ4v) is 3.13. The molecule has 0 bridgehead atoms. The minimum atomic E-state index is -1.07. The number of carbonyl (C=O) groups excluding carboxylic acids is 2. The first-order valence-corrected chi connectivity index (χ1v) is 9.11. The van der Waals surface area contributed by atoms with Crippen LogP contribution < -0.4 is 20.5 Å². The predicted molar refractivity (Wildman–Crippen MR) is 105 cm³/mol. The van der Waals surface area contributed by atoms with Crippen molar-refractivity contribution in [3.63, 3.8) is 0 Å². The van der Waals surface area contributed by atoms with E-state index in [9.17, 15) is 14.4 Å². The average molecular weight is 418 g/mol. The number of halogens is 1. The van der Waals surface area contributed by atoms with Crippen molar-refractivity contribution in [2.75, 3.05) is 18.5 Å². The second-order valence-electron chi connectivity index (χ2n) is 6.36. The number of aromatic nitrogens is 2. The van der Waals surface area contributed by atoms with Gasteiger partial charge in [0.2, 0.25) is 0 Å². The van der Waals surface area contributed by atoms with Gasteiger partial charge < -0.3 is 29.5 Å². The molecule has 1 amide bonds. The standard InChI is InChI=1S/C19H16ClN3O6/c1-9(17(24)21-11-2-3-13-14(8-11)23-19(26)22-13)29-18(25)10-6-12(20)16-15(7-10)27-4-5-28-16/h2-3,6-9H,4-5H2,1H3,(H,21,24)(H2,22,23,26). The van der Waals surface area contributed by atoms with E-state index in [2.05, 4.69) is 15.3 Å². The maximum Gasteiger partial charge on any atom is 0.339 e. The van der Waals surface area contributed by atoms with Crippen LogP contribution in [0.1, 0.15) is 17.3 Å². The van der Waals surface area contributed by atoms with Gasteiger partial charge in [-0.1, -0.05) is 11.6 Å². The number of aromatic amines is 2. The van der Waals surface area contributed by atoms with Gasteiger partial charge in [-0.2, -0.15) is 0 Å². The number of amides is 1. The fraction of sp³-hybridized carbons (Fsp3) is 0.211. The molecule has 1 unspecified atom stereocenters. The molecule has 1 aromatic heterocycles. The molecule has 0 radical (unpaired) electrons. The topological polar surface area (TPSA) is 123 Å². The highest BCUT2D eigenvalue weighted by Crippen LogP contribution is 2.38. The predicted octanol–water partition coefficient (Wildman–Crippen LogP) is 2.46. The quantitative estimate of drug-likeness (QED) is 0.560. The Kier molecular flexibility index (Phi) is 4.89. The summed E-state index contributed by atoms with van der Waals surface area (Å²) in [7, 11) is 0. The zero-order valence-corrected chi connectivity index (χ0v) is 16.0. The van der Waals surface area contributed by atoms with Crippen LogP contribution in [-0.2, 0) is 9.53 Å². The first-order chi connectivity index (χ1) is 13.9. The van der Waals surface area contributed by atoms with Gasteiger partial charge in [0, 0.05) is 5.69 Å². The van der Waals surface area contributed by atoms with E-state index < -0.39 is 18.0 Å². The number of ether oxygens (including phenoxy) is 3. The molecule has 1 atom stereocenters. The van der Waals surface area contributed by atoms with Crippen molar-refractivity contribution >= 4 is 40.2 Å². The normalized spacial score (nSPS) is 13.7. The Balaban J connectivity index is 1.44. The molecule has 0 saturated heterocycles. The van der Waals surface area contributed by atoms with E-state index in [0.29, 0.717) is 41.4 Å². The van der Waals surface area contributed by atoms with Crippen LogP contribution in [0.5, 0.6) is 11.5 Å². The minimum absolute atomic E-state index is 0.144. The highest BCUT2D eigenvalue weighted by Gasteiger charge is 2.23. The molecule has 1 aliphatic rings.